The van der Waals surface area contributed by atoms with Crippen LogP contribution in [0.25, 0.3) is 0 Å². The van der Waals surface area contributed by atoms with Gasteiger partial charge in [-0.1, -0.05) is 35.9 Å². The summed E-state index contributed by atoms with van der Waals surface area (Å²) >= 11 is 5.98. The molecule has 7 nitrogen and oxygen atoms in total. The zero-order chi connectivity index (χ0) is 21.5. The SMILES string of the molecule is O=C1c2ccccc2C(=O)N1CC(=O)N1N=C(c2ccc(Cl)cc2)CC1c1ccco1. The quantitative estimate of drug-likeness (QED) is 0.584. The van der Waals surface area contributed by atoms with Gasteiger partial charge >= 0.3 is 0 Å². The van der Waals surface area contributed by atoms with Gasteiger partial charge in [-0.2, -0.15) is 5.10 Å². The Balaban J connectivity index is 1.43. The highest BCUT2D eigenvalue weighted by atomic mass is 35.5. The average Bonchev–Trinajstić information content (AvgIpc) is 3.51. The fourth-order valence-corrected chi connectivity index (χ4v) is 3.98. The zero-order valence-corrected chi connectivity index (χ0v) is 17.0. The molecular weight excluding hydrogens is 418 g/mol. The molecule has 0 spiro atoms. The summed E-state index contributed by atoms with van der Waals surface area (Å²) in [6, 6.07) is 16.7. The van der Waals surface area contributed by atoms with Crippen molar-refractivity contribution in [2.24, 2.45) is 5.10 Å². The van der Waals surface area contributed by atoms with E-state index in [0.717, 1.165) is 10.5 Å². The van der Waals surface area contributed by atoms with Gasteiger partial charge in [0, 0.05) is 11.4 Å². The second-order valence-electron chi connectivity index (χ2n) is 7.27. The highest BCUT2D eigenvalue weighted by Gasteiger charge is 2.40. The lowest BCUT2D eigenvalue weighted by Crippen LogP contribution is -2.41. The molecule has 2 aliphatic heterocycles. The summed E-state index contributed by atoms with van der Waals surface area (Å²) in [6.45, 7) is -0.402. The third-order valence-electron chi connectivity index (χ3n) is 5.39. The molecule has 3 aromatic rings. The van der Waals surface area contributed by atoms with Gasteiger partial charge in [0.25, 0.3) is 17.7 Å². The minimum Gasteiger partial charge on any atom is -0.467 e. The first-order valence-electron chi connectivity index (χ1n) is 9.67. The lowest BCUT2D eigenvalue weighted by atomic mass is 10.0. The van der Waals surface area contributed by atoms with Gasteiger partial charge in [0.1, 0.15) is 18.3 Å². The van der Waals surface area contributed by atoms with Gasteiger partial charge < -0.3 is 4.42 Å². The number of halogens is 1. The Labute approximate surface area is 182 Å². The van der Waals surface area contributed by atoms with E-state index in [1.54, 1.807) is 48.5 Å². The van der Waals surface area contributed by atoms with Gasteiger partial charge in [0.05, 0.1) is 23.1 Å². The van der Waals surface area contributed by atoms with Crippen molar-refractivity contribution < 1.29 is 18.8 Å². The summed E-state index contributed by atoms with van der Waals surface area (Å²) in [7, 11) is 0. The Morgan fingerprint density at radius 2 is 1.68 bits per heavy atom. The van der Waals surface area contributed by atoms with Gasteiger partial charge in [-0.15, -0.1) is 0 Å². The lowest BCUT2D eigenvalue weighted by molar-refractivity contribution is -0.133. The number of carbonyl (C=O) groups is 3. The van der Waals surface area contributed by atoms with Crippen LogP contribution in [0.15, 0.2) is 76.4 Å². The number of furan rings is 1. The van der Waals surface area contributed by atoms with E-state index < -0.39 is 30.3 Å². The second kappa shape index (κ2) is 7.52. The summed E-state index contributed by atoms with van der Waals surface area (Å²) in [4.78, 5) is 39.5. The number of imide groups is 1. The number of hydrogen-bond donors (Lipinski definition) is 0. The zero-order valence-electron chi connectivity index (χ0n) is 16.2. The Kier molecular flexibility index (Phi) is 4.67. The normalized spacial score (nSPS) is 17.8. The number of nitrogens with zero attached hydrogens (tertiary/aromatic N) is 3. The van der Waals surface area contributed by atoms with Crippen LogP contribution in [0.2, 0.25) is 5.02 Å². The van der Waals surface area contributed by atoms with Crippen molar-refractivity contribution in [3.63, 3.8) is 0 Å². The van der Waals surface area contributed by atoms with Crippen LogP contribution in [0, 0.1) is 0 Å². The van der Waals surface area contributed by atoms with E-state index in [0.29, 0.717) is 34.0 Å². The first kappa shape index (κ1) is 19.3. The van der Waals surface area contributed by atoms with E-state index in [-0.39, 0.29) is 0 Å². The van der Waals surface area contributed by atoms with E-state index in [4.69, 9.17) is 16.0 Å². The molecular formula is C23H16ClN3O4. The van der Waals surface area contributed by atoms with Gasteiger partial charge in [0.2, 0.25) is 0 Å². The maximum atomic E-state index is 13.2. The van der Waals surface area contributed by atoms with Crippen molar-refractivity contribution >= 4 is 35.0 Å². The number of carbonyl (C=O) groups excluding carboxylic acids is 3. The summed E-state index contributed by atoms with van der Waals surface area (Å²) in [5, 5.41) is 6.41. The van der Waals surface area contributed by atoms with Gasteiger partial charge in [-0.3, -0.25) is 19.3 Å². The molecule has 0 fully saturated rings. The number of hydrazone groups is 1. The molecule has 3 amide bonds. The van der Waals surface area contributed by atoms with Crippen molar-refractivity contribution in [1.82, 2.24) is 9.91 Å². The van der Waals surface area contributed by atoms with Crippen LogP contribution in [0.4, 0.5) is 0 Å². The molecule has 1 unspecified atom stereocenters. The number of fused-ring (bicyclic) bond motifs is 1. The Bertz CT molecular complexity index is 1180. The molecule has 1 aromatic heterocycles. The molecule has 8 heteroatoms. The van der Waals surface area contributed by atoms with Crippen LogP contribution in [0.3, 0.4) is 0 Å². The lowest BCUT2D eigenvalue weighted by Gasteiger charge is -2.22. The van der Waals surface area contributed by atoms with Crippen molar-refractivity contribution in [1.29, 1.82) is 0 Å². The van der Waals surface area contributed by atoms with E-state index in [1.165, 1.54) is 11.3 Å². The highest BCUT2D eigenvalue weighted by Crippen LogP contribution is 2.34. The smallest absolute Gasteiger partial charge is 0.263 e. The maximum Gasteiger partial charge on any atom is 0.263 e. The molecule has 5 rings (SSSR count). The minimum atomic E-state index is -0.482. The molecule has 0 saturated heterocycles. The molecule has 2 aliphatic rings. The summed E-state index contributed by atoms with van der Waals surface area (Å²) in [6.07, 6.45) is 1.96. The Hall–Kier alpha value is -3.71. The third kappa shape index (κ3) is 3.33. The topological polar surface area (TPSA) is 83.2 Å². The van der Waals surface area contributed by atoms with Crippen molar-refractivity contribution in [2.75, 3.05) is 6.54 Å². The minimum absolute atomic E-state index is 0.301. The maximum absolute atomic E-state index is 13.2. The molecule has 0 N–H and O–H groups in total. The highest BCUT2D eigenvalue weighted by molar-refractivity contribution is 6.30. The molecule has 0 saturated carbocycles. The van der Waals surface area contributed by atoms with Crippen LogP contribution in [-0.4, -0.2) is 39.9 Å². The molecule has 0 radical (unpaired) electrons. The van der Waals surface area contributed by atoms with Gasteiger partial charge in [-0.25, -0.2) is 5.01 Å². The van der Waals surface area contributed by atoms with Crippen molar-refractivity contribution in [2.45, 2.75) is 12.5 Å². The van der Waals surface area contributed by atoms with Crippen LogP contribution >= 0.6 is 11.6 Å². The Morgan fingerprint density at radius 3 is 2.29 bits per heavy atom. The predicted octanol–water partition coefficient (Wildman–Crippen LogP) is 3.91. The third-order valence-corrected chi connectivity index (χ3v) is 5.64. The van der Waals surface area contributed by atoms with E-state index in [9.17, 15) is 14.4 Å². The fraction of sp³-hybridized carbons (Fsp3) is 0.130. The van der Waals surface area contributed by atoms with E-state index in [1.807, 2.05) is 12.1 Å². The number of amides is 3. The number of hydrogen-bond acceptors (Lipinski definition) is 5. The van der Waals surface area contributed by atoms with Gasteiger partial charge in [0.15, 0.2) is 0 Å². The van der Waals surface area contributed by atoms with Crippen LogP contribution in [0.1, 0.15) is 44.5 Å². The van der Waals surface area contributed by atoms with E-state index >= 15 is 0 Å². The largest absolute Gasteiger partial charge is 0.467 e. The standard InChI is InChI=1S/C23H16ClN3O4/c24-15-9-7-14(8-10-15)18-12-19(20-6-3-11-31-20)27(25-18)21(28)13-26-22(29)16-4-1-2-5-17(16)23(26)30/h1-11,19H,12-13H2. The Morgan fingerprint density at radius 1 is 1.00 bits per heavy atom. The predicted molar refractivity (Wildman–Crippen MR) is 113 cm³/mol. The van der Waals surface area contributed by atoms with Crippen LogP contribution in [-0.2, 0) is 4.79 Å². The molecule has 3 heterocycles. The average molecular weight is 434 g/mol. The first-order chi connectivity index (χ1) is 15.0. The molecule has 2 aromatic carbocycles. The van der Waals surface area contributed by atoms with Gasteiger partial charge in [-0.05, 0) is 42.0 Å². The summed E-state index contributed by atoms with van der Waals surface area (Å²) in [5.74, 6) is -0.863. The first-order valence-corrected chi connectivity index (χ1v) is 10.0. The molecule has 0 bridgehead atoms. The number of rotatable bonds is 4. The summed E-state index contributed by atoms with van der Waals surface area (Å²) in [5.41, 5.74) is 2.12. The molecule has 154 valence electrons. The van der Waals surface area contributed by atoms with Crippen LogP contribution < -0.4 is 0 Å². The second-order valence-corrected chi connectivity index (χ2v) is 7.71. The van der Waals surface area contributed by atoms with E-state index in [2.05, 4.69) is 5.10 Å². The fourth-order valence-electron chi connectivity index (χ4n) is 3.85. The molecule has 1 atom stereocenters. The molecule has 0 aliphatic carbocycles. The number of benzene rings is 2. The molecule has 31 heavy (non-hydrogen) atoms. The monoisotopic (exact) mass is 433 g/mol. The van der Waals surface area contributed by atoms with Crippen molar-refractivity contribution in [3.8, 4) is 0 Å². The van der Waals surface area contributed by atoms with Crippen molar-refractivity contribution in [3.05, 3.63) is 94.4 Å². The van der Waals surface area contributed by atoms with Crippen LogP contribution in [0.5, 0.6) is 0 Å². The summed E-state index contributed by atoms with van der Waals surface area (Å²) < 4.78 is 5.53.